The maximum absolute atomic E-state index is 10.9. The Kier molecular flexibility index (Phi) is 5.69. The molecule has 0 heterocycles. The number of esters is 1. The Morgan fingerprint density at radius 1 is 1.33 bits per heavy atom. The molecule has 0 amide bonds. The van der Waals surface area contributed by atoms with Gasteiger partial charge < -0.3 is 10.1 Å². The molecule has 1 rings (SSSR count). The molecular weight excluding hydrogens is 190 g/mol. The molecule has 0 aromatic rings. The van der Waals surface area contributed by atoms with Crippen LogP contribution in [0.15, 0.2) is 0 Å². The zero-order valence-corrected chi connectivity index (χ0v) is 9.92. The van der Waals surface area contributed by atoms with Crippen LogP contribution in [0.25, 0.3) is 0 Å². The van der Waals surface area contributed by atoms with E-state index in [1.165, 1.54) is 39.2 Å². The Morgan fingerprint density at radius 2 is 2.07 bits per heavy atom. The maximum atomic E-state index is 10.9. The summed E-state index contributed by atoms with van der Waals surface area (Å²) in [6.07, 6.45) is 7.09. The lowest BCUT2D eigenvalue weighted by Gasteiger charge is -2.22. The van der Waals surface area contributed by atoms with Crippen LogP contribution < -0.4 is 5.32 Å². The fourth-order valence-corrected chi connectivity index (χ4v) is 2.26. The van der Waals surface area contributed by atoms with Crippen LogP contribution in [0, 0.1) is 5.92 Å². The summed E-state index contributed by atoms with van der Waals surface area (Å²) >= 11 is 0. The molecule has 1 saturated carbocycles. The minimum Gasteiger partial charge on any atom is -0.469 e. The normalized spacial score (nSPS) is 27.1. The molecule has 0 spiro atoms. The summed E-state index contributed by atoms with van der Waals surface area (Å²) < 4.78 is 4.61. The quantitative estimate of drug-likeness (QED) is 0.574. The summed E-state index contributed by atoms with van der Waals surface area (Å²) in [5, 5.41) is 3.48. The predicted molar refractivity (Wildman–Crippen MR) is 60.7 cm³/mol. The Labute approximate surface area is 92.6 Å². The van der Waals surface area contributed by atoms with Crippen LogP contribution >= 0.6 is 0 Å². The van der Waals surface area contributed by atoms with E-state index in [4.69, 9.17) is 0 Å². The van der Waals surface area contributed by atoms with E-state index < -0.39 is 0 Å². The van der Waals surface area contributed by atoms with Crippen molar-refractivity contribution in [2.45, 2.75) is 51.5 Å². The molecule has 0 aliphatic heterocycles. The standard InChI is InChI=1S/C12H23NO2/c1-10-6-4-3-5-7-11(10)13-9-8-12(14)15-2/h10-11,13H,3-9H2,1-2H3. The molecule has 0 aromatic carbocycles. The van der Waals surface area contributed by atoms with Gasteiger partial charge in [-0.3, -0.25) is 4.79 Å². The second-order valence-electron chi connectivity index (χ2n) is 4.50. The maximum Gasteiger partial charge on any atom is 0.306 e. The van der Waals surface area contributed by atoms with Gasteiger partial charge in [0.25, 0.3) is 0 Å². The Morgan fingerprint density at radius 3 is 2.80 bits per heavy atom. The number of carbonyl (C=O) groups is 1. The van der Waals surface area contributed by atoms with Crippen molar-refractivity contribution in [2.75, 3.05) is 13.7 Å². The van der Waals surface area contributed by atoms with Crippen LogP contribution in [-0.2, 0) is 9.53 Å². The molecule has 88 valence electrons. The number of hydrogen-bond donors (Lipinski definition) is 1. The summed E-state index contributed by atoms with van der Waals surface area (Å²) in [5.74, 6) is 0.619. The molecule has 0 bridgehead atoms. The molecule has 1 fully saturated rings. The number of hydrogen-bond acceptors (Lipinski definition) is 3. The lowest BCUT2D eigenvalue weighted by molar-refractivity contribution is -0.140. The highest BCUT2D eigenvalue weighted by atomic mass is 16.5. The van der Waals surface area contributed by atoms with Crippen LogP contribution in [0.1, 0.15) is 45.4 Å². The van der Waals surface area contributed by atoms with E-state index in [1.54, 1.807) is 0 Å². The van der Waals surface area contributed by atoms with Crippen molar-refractivity contribution in [1.29, 1.82) is 0 Å². The van der Waals surface area contributed by atoms with Crippen LogP contribution in [0.5, 0.6) is 0 Å². The van der Waals surface area contributed by atoms with E-state index in [1.807, 2.05) is 0 Å². The third kappa shape index (κ3) is 4.65. The molecule has 0 saturated heterocycles. The van der Waals surface area contributed by atoms with Crippen molar-refractivity contribution >= 4 is 5.97 Å². The van der Waals surface area contributed by atoms with E-state index in [0.29, 0.717) is 12.5 Å². The fourth-order valence-electron chi connectivity index (χ4n) is 2.26. The Hall–Kier alpha value is -0.570. The average molecular weight is 213 g/mol. The zero-order valence-electron chi connectivity index (χ0n) is 9.92. The Balaban J connectivity index is 2.20. The fraction of sp³-hybridized carbons (Fsp3) is 0.917. The molecule has 0 aromatic heterocycles. The minimum absolute atomic E-state index is 0.122. The summed E-state index contributed by atoms with van der Waals surface area (Å²) in [4.78, 5) is 10.9. The highest BCUT2D eigenvalue weighted by Gasteiger charge is 2.19. The summed E-state index contributed by atoms with van der Waals surface area (Å²) in [5.41, 5.74) is 0. The van der Waals surface area contributed by atoms with Gasteiger partial charge in [-0.05, 0) is 18.8 Å². The van der Waals surface area contributed by atoms with Gasteiger partial charge in [0.05, 0.1) is 13.5 Å². The second kappa shape index (κ2) is 6.83. The van der Waals surface area contributed by atoms with Crippen LogP contribution in [0.4, 0.5) is 0 Å². The van der Waals surface area contributed by atoms with E-state index in [9.17, 15) is 4.79 Å². The van der Waals surface area contributed by atoms with Gasteiger partial charge in [-0.25, -0.2) is 0 Å². The van der Waals surface area contributed by atoms with Gasteiger partial charge in [0, 0.05) is 12.6 Å². The van der Waals surface area contributed by atoms with E-state index >= 15 is 0 Å². The monoisotopic (exact) mass is 213 g/mol. The number of nitrogens with one attached hydrogen (secondary N) is 1. The van der Waals surface area contributed by atoms with Crippen molar-refractivity contribution in [1.82, 2.24) is 5.32 Å². The largest absolute Gasteiger partial charge is 0.469 e. The summed E-state index contributed by atoms with van der Waals surface area (Å²) in [6, 6.07) is 0.595. The molecule has 2 atom stereocenters. The number of methoxy groups -OCH3 is 1. The molecule has 1 aliphatic carbocycles. The van der Waals surface area contributed by atoms with Gasteiger partial charge in [-0.2, -0.15) is 0 Å². The molecule has 3 heteroatoms. The van der Waals surface area contributed by atoms with Crippen molar-refractivity contribution in [3.8, 4) is 0 Å². The van der Waals surface area contributed by atoms with Gasteiger partial charge in [0.15, 0.2) is 0 Å². The predicted octanol–water partition coefficient (Wildman–Crippen LogP) is 2.11. The van der Waals surface area contributed by atoms with E-state index in [-0.39, 0.29) is 5.97 Å². The third-order valence-corrected chi connectivity index (χ3v) is 3.32. The first kappa shape index (κ1) is 12.5. The number of rotatable bonds is 4. The Bertz CT molecular complexity index is 194. The topological polar surface area (TPSA) is 38.3 Å². The highest BCUT2D eigenvalue weighted by molar-refractivity contribution is 5.69. The first-order valence-electron chi connectivity index (χ1n) is 6.04. The summed E-state index contributed by atoms with van der Waals surface area (Å²) in [6.45, 7) is 3.06. The molecule has 1 aliphatic rings. The average Bonchev–Trinajstić information content (AvgIpc) is 2.44. The van der Waals surface area contributed by atoms with Gasteiger partial charge >= 0.3 is 5.97 Å². The van der Waals surface area contributed by atoms with Gasteiger partial charge in [-0.1, -0.05) is 26.2 Å². The third-order valence-electron chi connectivity index (χ3n) is 3.32. The van der Waals surface area contributed by atoms with Crippen molar-refractivity contribution in [2.24, 2.45) is 5.92 Å². The van der Waals surface area contributed by atoms with Gasteiger partial charge in [0.2, 0.25) is 0 Å². The number of ether oxygens (including phenoxy) is 1. The molecule has 1 N–H and O–H groups in total. The zero-order chi connectivity index (χ0) is 11.1. The smallest absolute Gasteiger partial charge is 0.306 e. The number of carbonyl (C=O) groups excluding carboxylic acids is 1. The molecule has 3 nitrogen and oxygen atoms in total. The first-order valence-corrected chi connectivity index (χ1v) is 6.04. The molecule has 15 heavy (non-hydrogen) atoms. The molecule has 0 radical (unpaired) electrons. The van der Waals surface area contributed by atoms with E-state index in [2.05, 4.69) is 17.0 Å². The summed E-state index contributed by atoms with van der Waals surface area (Å²) in [7, 11) is 1.44. The highest BCUT2D eigenvalue weighted by Crippen LogP contribution is 2.22. The minimum atomic E-state index is -0.122. The lowest BCUT2D eigenvalue weighted by atomic mass is 9.97. The SMILES string of the molecule is COC(=O)CCNC1CCCCCC1C. The molecule has 2 unspecified atom stereocenters. The van der Waals surface area contributed by atoms with Crippen molar-refractivity contribution < 1.29 is 9.53 Å². The van der Waals surface area contributed by atoms with Crippen molar-refractivity contribution in [3.05, 3.63) is 0 Å². The molecular formula is C12H23NO2. The van der Waals surface area contributed by atoms with Gasteiger partial charge in [0.1, 0.15) is 0 Å². The van der Waals surface area contributed by atoms with E-state index in [0.717, 1.165) is 12.5 Å². The first-order chi connectivity index (χ1) is 7.24. The van der Waals surface area contributed by atoms with Crippen molar-refractivity contribution in [3.63, 3.8) is 0 Å². The van der Waals surface area contributed by atoms with Crippen LogP contribution in [0.3, 0.4) is 0 Å². The van der Waals surface area contributed by atoms with Gasteiger partial charge in [-0.15, -0.1) is 0 Å². The van der Waals surface area contributed by atoms with Crippen LogP contribution in [-0.4, -0.2) is 25.7 Å². The van der Waals surface area contributed by atoms with Crippen LogP contribution in [0.2, 0.25) is 0 Å². The lowest BCUT2D eigenvalue weighted by Crippen LogP contribution is -2.35. The second-order valence-corrected chi connectivity index (χ2v) is 4.50.